The van der Waals surface area contributed by atoms with E-state index in [9.17, 15) is 8.78 Å². The molecule has 2 nitrogen and oxygen atoms in total. The smallest absolute Gasteiger partial charge is 0.133 e. The maximum atomic E-state index is 13.1. The Morgan fingerprint density at radius 2 is 1.12 bits per heavy atom. The van der Waals surface area contributed by atoms with Crippen molar-refractivity contribution in [2.45, 2.75) is 19.6 Å². The van der Waals surface area contributed by atoms with E-state index >= 15 is 0 Å². The van der Waals surface area contributed by atoms with Crippen molar-refractivity contribution < 1.29 is 18.3 Å². The van der Waals surface area contributed by atoms with Gasteiger partial charge in [-0.15, -0.1) is 0 Å². The normalized spacial score (nSPS) is 10.3. The molecular formula is C26H20Br2F2O2S2. The minimum absolute atomic E-state index is 0.230. The molecule has 8 heteroatoms. The number of hydrogen-bond donors (Lipinski definition) is 0. The van der Waals surface area contributed by atoms with Crippen LogP contribution in [-0.2, 0) is 0 Å². The van der Waals surface area contributed by atoms with Crippen LogP contribution in [0.4, 0.5) is 8.78 Å². The molecular weight excluding hydrogens is 606 g/mol. The zero-order chi connectivity index (χ0) is 24.5. The topological polar surface area (TPSA) is 18.5 Å². The van der Waals surface area contributed by atoms with Gasteiger partial charge in [-0.2, -0.15) is 0 Å². The van der Waals surface area contributed by atoms with Crippen LogP contribution in [0, 0.1) is 11.6 Å². The lowest BCUT2D eigenvalue weighted by Crippen LogP contribution is -1.86. The second-order valence-corrected chi connectivity index (χ2v) is 10.8. The summed E-state index contributed by atoms with van der Waals surface area (Å²) in [4.78, 5) is 3.61. The van der Waals surface area contributed by atoms with Crippen LogP contribution in [0.2, 0.25) is 0 Å². The maximum absolute atomic E-state index is 13.1. The van der Waals surface area contributed by atoms with E-state index in [1.165, 1.54) is 47.8 Å². The third-order valence-electron chi connectivity index (χ3n) is 4.30. The van der Waals surface area contributed by atoms with E-state index in [-0.39, 0.29) is 11.6 Å². The highest BCUT2D eigenvalue weighted by Gasteiger charge is 2.07. The number of rotatable bonds is 6. The maximum Gasteiger partial charge on any atom is 0.133 e. The predicted molar refractivity (Wildman–Crippen MR) is 142 cm³/mol. The Balaban J connectivity index is 0.000000191. The fourth-order valence-corrected chi connectivity index (χ4v) is 5.58. The molecule has 0 aliphatic carbocycles. The number of ether oxygens (including phenoxy) is 2. The van der Waals surface area contributed by atoms with E-state index in [4.69, 9.17) is 9.47 Å². The summed E-state index contributed by atoms with van der Waals surface area (Å²) in [5.41, 5.74) is 0. The lowest BCUT2D eigenvalue weighted by molar-refractivity contribution is 0.404. The molecule has 0 amide bonds. The third-order valence-corrected chi connectivity index (χ3v) is 7.36. The summed E-state index contributed by atoms with van der Waals surface area (Å²) in [7, 11) is 3.25. The Labute approximate surface area is 223 Å². The summed E-state index contributed by atoms with van der Waals surface area (Å²) < 4.78 is 38.6. The van der Waals surface area contributed by atoms with Crippen LogP contribution in [0.1, 0.15) is 0 Å². The summed E-state index contributed by atoms with van der Waals surface area (Å²) >= 11 is 9.74. The Morgan fingerprint density at radius 1 is 0.588 bits per heavy atom. The third kappa shape index (κ3) is 8.05. The summed E-state index contributed by atoms with van der Waals surface area (Å²) in [6.45, 7) is 0. The fraction of sp³-hybridized carbons (Fsp3) is 0.0769. The van der Waals surface area contributed by atoms with E-state index in [1.54, 1.807) is 26.4 Å². The number of methoxy groups -OCH3 is 2. The van der Waals surface area contributed by atoms with Crippen molar-refractivity contribution in [3.8, 4) is 11.5 Å². The lowest BCUT2D eigenvalue weighted by Gasteiger charge is -2.08. The summed E-state index contributed by atoms with van der Waals surface area (Å²) in [5, 5.41) is 0. The van der Waals surface area contributed by atoms with Crippen LogP contribution in [-0.4, -0.2) is 14.2 Å². The van der Waals surface area contributed by atoms with Crippen LogP contribution in [0.15, 0.2) is 113 Å². The van der Waals surface area contributed by atoms with Crippen molar-refractivity contribution in [1.82, 2.24) is 0 Å². The van der Waals surface area contributed by atoms with E-state index in [1.807, 2.05) is 48.5 Å². The lowest BCUT2D eigenvalue weighted by atomic mass is 10.3. The molecule has 0 aromatic heterocycles. The number of hydrogen-bond acceptors (Lipinski definition) is 4. The van der Waals surface area contributed by atoms with Gasteiger partial charge in [-0.1, -0.05) is 67.5 Å². The second-order valence-electron chi connectivity index (χ2n) is 6.71. The highest BCUT2D eigenvalue weighted by Crippen LogP contribution is 2.37. The summed E-state index contributed by atoms with van der Waals surface area (Å²) in [6.07, 6.45) is 0. The van der Waals surface area contributed by atoms with E-state index in [2.05, 4.69) is 31.9 Å². The van der Waals surface area contributed by atoms with Crippen molar-refractivity contribution in [2.24, 2.45) is 0 Å². The molecule has 4 rings (SSSR count). The average Bonchev–Trinajstić information content (AvgIpc) is 2.81. The van der Waals surface area contributed by atoms with Crippen LogP contribution in [0.3, 0.4) is 0 Å². The van der Waals surface area contributed by atoms with Gasteiger partial charge >= 0.3 is 0 Å². The van der Waals surface area contributed by atoms with E-state index in [0.29, 0.717) is 0 Å². The Morgan fingerprint density at radius 3 is 1.68 bits per heavy atom. The molecule has 0 spiro atoms. The molecule has 0 unspecified atom stereocenters. The van der Waals surface area contributed by atoms with Gasteiger partial charge in [-0.3, -0.25) is 0 Å². The molecule has 4 aromatic carbocycles. The first kappa shape index (κ1) is 26.6. The fourth-order valence-electron chi connectivity index (χ4n) is 2.77. The van der Waals surface area contributed by atoms with Gasteiger partial charge in [0.1, 0.15) is 23.1 Å². The first-order valence-corrected chi connectivity index (χ1v) is 13.1. The second kappa shape index (κ2) is 13.2. The summed E-state index contributed by atoms with van der Waals surface area (Å²) in [6, 6.07) is 24.5. The van der Waals surface area contributed by atoms with Gasteiger partial charge in [0.25, 0.3) is 0 Å². The molecule has 34 heavy (non-hydrogen) atoms. The zero-order valence-electron chi connectivity index (χ0n) is 18.2. The van der Waals surface area contributed by atoms with Gasteiger partial charge < -0.3 is 9.47 Å². The van der Waals surface area contributed by atoms with Crippen LogP contribution < -0.4 is 9.47 Å². The van der Waals surface area contributed by atoms with Gasteiger partial charge in [0.05, 0.1) is 24.0 Å². The molecule has 0 heterocycles. The van der Waals surface area contributed by atoms with E-state index < -0.39 is 0 Å². The van der Waals surface area contributed by atoms with Gasteiger partial charge in [0.2, 0.25) is 0 Å². The molecule has 4 aromatic rings. The largest absolute Gasteiger partial charge is 0.496 e. The number of benzene rings is 4. The molecule has 176 valence electrons. The van der Waals surface area contributed by atoms with Gasteiger partial charge in [-0.25, -0.2) is 8.78 Å². The minimum Gasteiger partial charge on any atom is -0.496 e. The molecule has 0 atom stereocenters. The van der Waals surface area contributed by atoms with Crippen molar-refractivity contribution in [2.75, 3.05) is 14.2 Å². The van der Waals surface area contributed by atoms with Crippen LogP contribution in [0.5, 0.6) is 11.5 Å². The van der Waals surface area contributed by atoms with Gasteiger partial charge in [0, 0.05) is 18.7 Å². The standard InChI is InChI=1S/2C13H10BrFOS/c1-16-12-7-9(14)5-6-13(12)17-11-4-2-3-10(15)8-11;1-16-12-6-5-9(14)7-13(12)17-11-4-2-3-10(15)8-11/h2*2-8H,1H3. The van der Waals surface area contributed by atoms with Crippen molar-refractivity contribution in [3.05, 3.63) is 106 Å². The molecule has 0 fully saturated rings. The Kier molecular flexibility index (Phi) is 10.3. The average molecular weight is 626 g/mol. The van der Waals surface area contributed by atoms with Crippen molar-refractivity contribution >= 4 is 55.4 Å². The van der Waals surface area contributed by atoms with Crippen LogP contribution in [0.25, 0.3) is 0 Å². The van der Waals surface area contributed by atoms with Crippen molar-refractivity contribution in [1.29, 1.82) is 0 Å². The highest BCUT2D eigenvalue weighted by molar-refractivity contribution is 9.10. The van der Waals surface area contributed by atoms with Gasteiger partial charge in [0.15, 0.2) is 0 Å². The predicted octanol–water partition coefficient (Wildman–Crippen LogP) is 9.50. The quantitative estimate of drug-likeness (QED) is 0.212. The Bertz CT molecular complexity index is 1260. The van der Waals surface area contributed by atoms with Crippen LogP contribution >= 0.6 is 55.4 Å². The molecule has 0 bridgehead atoms. The van der Waals surface area contributed by atoms with Gasteiger partial charge in [-0.05, 0) is 72.8 Å². The summed E-state index contributed by atoms with van der Waals surface area (Å²) in [5.74, 6) is 1.09. The first-order valence-electron chi connectivity index (χ1n) is 9.92. The highest BCUT2D eigenvalue weighted by atomic mass is 79.9. The minimum atomic E-state index is -0.232. The SMILES string of the molecule is COc1cc(Br)ccc1Sc1cccc(F)c1.COc1ccc(Br)cc1Sc1cccc(F)c1. The zero-order valence-corrected chi connectivity index (χ0v) is 23.0. The first-order chi connectivity index (χ1) is 16.4. The monoisotopic (exact) mass is 624 g/mol. The molecule has 0 aliphatic heterocycles. The van der Waals surface area contributed by atoms with Crippen molar-refractivity contribution in [3.63, 3.8) is 0 Å². The number of halogens is 4. The molecule has 0 saturated heterocycles. The van der Waals surface area contributed by atoms with E-state index in [0.717, 1.165) is 40.0 Å². The molecule has 0 N–H and O–H groups in total. The molecule has 0 saturated carbocycles. The molecule has 0 radical (unpaired) electrons. The molecule has 0 aliphatic rings. The Hall–Kier alpha value is -2.00.